The predicted octanol–water partition coefficient (Wildman–Crippen LogP) is 2.31. The number of hydrogen-bond acceptors (Lipinski definition) is 5. The first-order chi connectivity index (χ1) is 11.7. The van der Waals surface area contributed by atoms with E-state index < -0.39 is 0 Å². The van der Waals surface area contributed by atoms with Crippen molar-refractivity contribution in [3.63, 3.8) is 0 Å². The first-order valence-electron chi connectivity index (χ1n) is 8.19. The monoisotopic (exact) mass is 328 g/mol. The molecule has 0 atom stereocenters. The highest BCUT2D eigenvalue weighted by molar-refractivity contribution is 5.92. The van der Waals surface area contributed by atoms with Gasteiger partial charge in [-0.05, 0) is 25.0 Å². The van der Waals surface area contributed by atoms with E-state index >= 15 is 0 Å². The quantitative estimate of drug-likeness (QED) is 0.878. The maximum Gasteiger partial charge on any atom is 0.315 e. The molecule has 1 aromatic heterocycles. The van der Waals surface area contributed by atoms with Gasteiger partial charge in [-0.15, -0.1) is 0 Å². The molecule has 0 radical (unpaired) electrons. The summed E-state index contributed by atoms with van der Waals surface area (Å²) < 4.78 is 4.97. The molecule has 1 saturated carbocycles. The van der Waals surface area contributed by atoms with Gasteiger partial charge in [-0.3, -0.25) is 9.59 Å². The summed E-state index contributed by atoms with van der Waals surface area (Å²) in [5.41, 5.74) is 0.696. The summed E-state index contributed by atoms with van der Waals surface area (Å²) in [6.07, 6.45) is 5.38. The molecule has 1 fully saturated rings. The second-order valence-corrected chi connectivity index (χ2v) is 5.92. The van der Waals surface area contributed by atoms with Gasteiger partial charge in [0.15, 0.2) is 5.82 Å². The van der Waals surface area contributed by atoms with Gasteiger partial charge in [0, 0.05) is 11.7 Å². The molecule has 7 heteroatoms. The topological polar surface area (TPSA) is 97.1 Å². The normalized spacial score (nSPS) is 15.0. The van der Waals surface area contributed by atoms with Crippen LogP contribution in [0.1, 0.15) is 48.6 Å². The lowest BCUT2D eigenvalue weighted by Gasteiger charge is -2.21. The van der Waals surface area contributed by atoms with Crippen LogP contribution in [0.2, 0.25) is 0 Å². The third kappa shape index (κ3) is 4.41. The van der Waals surface area contributed by atoms with Crippen LogP contribution in [-0.2, 0) is 11.2 Å². The van der Waals surface area contributed by atoms with Crippen molar-refractivity contribution in [1.82, 2.24) is 15.5 Å². The Kier molecular flexibility index (Phi) is 5.20. The highest BCUT2D eigenvalue weighted by Gasteiger charge is 2.21. The van der Waals surface area contributed by atoms with Crippen LogP contribution >= 0.6 is 0 Å². The fourth-order valence-electron chi connectivity index (χ4n) is 2.78. The molecular weight excluding hydrogens is 308 g/mol. The lowest BCUT2D eigenvalue weighted by molar-refractivity contribution is -0.115. The Hall–Kier alpha value is -2.70. The summed E-state index contributed by atoms with van der Waals surface area (Å²) in [6, 6.07) is 9.28. The van der Waals surface area contributed by atoms with E-state index in [9.17, 15) is 9.59 Å². The second-order valence-electron chi connectivity index (χ2n) is 5.92. The van der Waals surface area contributed by atoms with E-state index in [0.717, 1.165) is 25.7 Å². The Morgan fingerprint density at radius 1 is 1.12 bits per heavy atom. The van der Waals surface area contributed by atoms with Gasteiger partial charge in [0.2, 0.25) is 5.91 Å². The molecule has 126 valence electrons. The van der Waals surface area contributed by atoms with Gasteiger partial charge in [-0.1, -0.05) is 42.6 Å². The van der Waals surface area contributed by atoms with Crippen LogP contribution in [0.4, 0.5) is 5.69 Å². The van der Waals surface area contributed by atoms with E-state index in [2.05, 4.69) is 20.8 Å². The van der Waals surface area contributed by atoms with E-state index in [-0.39, 0.29) is 36.0 Å². The summed E-state index contributed by atoms with van der Waals surface area (Å²) in [4.78, 5) is 28.0. The highest BCUT2D eigenvalue weighted by atomic mass is 16.5. The van der Waals surface area contributed by atoms with Crippen molar-refractivity contribution in [2.75, 3.05) is 5.32 Å². The zero-order chi connectivity index (χ0) is 16.8. The third-order valence-corrected chi connectivity index (χ3v) is 3.98. The molecule has 1 aromatic carbocycles. The van der Waals surface area contributed by atoms with Gasteiger partial charge in [-0.25, -0.2) is 0 Å². The minimum Gasteiger partial charge on any atom is -0.345 e. The Morgan fingerprint density at radius 3 is 2.62 bits per heavy atom. The first-order valence-corrected chi connectivity index (χ1v) is 8.19. The van der Waals surface area contributed by atoms with Crippen LogP contribution in [0.15, 0.2) is 34.9 Å². The van der Waals surface area contributed by atoms with Crippen molar-refractivity contribution in [2.24, 2.45) is 0 Å². The van der Waals surface area contributed by atoms with Gasteiger partial charge >= 0.3 is 11.8 Å². The number of aromatic nitrogens is 2. The molecule has 0 aliphatic heterocycles. The van der Waals surface area contributed by atoms with E-state index in [1.807, 2.05) is 18.2 Å². The van der Waals surface area contributed by atoms with Gasteiger partial charge in [0.25, 0.3) is 0 Å². The van der Waals surface area contributed by atoms with E-state index in [0.29, 0.717) is 5.69 Å². The number of anilines is 1. The van der Waals surface area contributed by atoms with Crippen LogP contribution in [0.25, 0.3) is 0 Å². The standard InChI is InChI=1S/C17H20N4O3/c22-15(18-12-7-3-1-4-8-12)11-14-20-17(24-21-14)16(23)19-13-9-5-2-6-10-13/h1,3-4,7-8,13H,2,5-6,9-11H2,(H,18,22)(H,19,23). The fraction of sp³-hybridized carbons (Fsp3) is 0.412. The first kappa shape index (κ1) is 16.2. The van der Waals surface area contributed by atoms with Gasteiger partial charge in [0.05, 0.1) is 6.42 Å². The average molecular weight is 328 g/mol. The average Bonchev–Trinajstić information content (AvgIpc) is 3.05. The maximum absolute atomic E-state index is 12.1. The number of benzene rings is 1. The smallest absolute Gasteiger partial charge is 0.315 e. The SMILES string of the molecule is O=C(Cc1noc(C(=O)NC2CCCCC2)n1)Nc1ccccc1. The van der Waals surface area contributed by atoms with Crippen molar-refractivity contribution >= 4 is 17.5 Å². The molecule has 3 rings (SSSR count). The number of para-hydroxylation sites is 1. The zero-order valence-electron chi connectivity index (χ0n) is 13.3. The van der Waals surface area contributed by atoms with Gasteiger partial charge in [-0.2, -0.15) is 4.98 Å². The number of nitrogens with zero attached hydrogens (tertiary/aromatic N) is 2. The van der Waals surface area contributed by atoms with E-state index in [4.69, 9.17) is 4.52 Å². The van der Waals surface area contributed by atoms with Crippen LogP contribution in [-0.4, -0.2) is 28.0 Å². The molecule has 2 aromatic rings. The lowest BCUT2D eigenvalue weighted by Crippen LogP contribution is -2.36. The molecule has 1 aliphatic rings. The van der Waals surface area contributed by atoms with Crippen LogP contribution in [0.5, 0.6) is 0 Å². The highest BCUT2D eigenvalue weighted by Crippen LogP contribution is 2.17. The fourth-order valence-corrected chi connectivity index (χ4v) is 2.78. The Labute approximate surface area is 139 Å². The van der Waals surface area contributed by atoms with Crippen molar-refractivity contribution in [1.29, 1.82) is 0 Å². The molecule has 24 heavy (non-hydrogen) atoms. The number of carbonyl (C=O) groups is 2. The third-order valence-electron chi connectivity index (χ3n) is 3.98. The molecule has 2 amide bonds. The van der Waals surface area contributed by atoms with Gasteiger partial charge in [0.1, 0.15) is 0 Å². The molecule has 2 N–H and O–H groups in total. The number of carbonyl (C=O) groups excluding carboxylic acids is 2. The molecular formula is C17H20N4O3. The van der Waals surface area contributed by atoms with Crippen LogP contribution < -0.4 is 10.6 Å². The van der Waals surface area contributed by atoms with E-state index in [1.165, 1.54) is 6.42 Å². The van der Waals surface area contributed by atoms with Gasteiger partial charge < -0.3 is 15.2 Å². The summed E-state index contributed by atoms with van der Waals surface area (Å²) in [5, 5.41) is 9.34. The summed E-state index contributed by atoms with van der Waals surface area (Å²) in [7, 11) is 0. The van der Waals surface area contributed by atoms with Crippen molar-refractivity contribution in [2.45, 2.75) is 44.6 Å². The molecule has 1 heterocycles. The molecule has 7 nitrogen and oxygen atoms in total. The minimum absolute atomic E-state index is 0.0465. The number of hydrogen-bond donors (Lipinski definition) is 2. The summed E-state index contributed by atoms with van der Waals surface area (Å²) in [6.45, 7) is 0. The lowest BCUT2D eigenvalue weighted by atomic mass is 9.95. The zero-order valence-corrected chi connectivity index (χ0v) is 13.3. The maximum atomic E-state index is 12.1. The molecule has 0 bridgehead atoms. The van der Waals surface area contributed by atoms with Crippen LogP contribution in [0, 0.1) is 0 Å². The second kappa shape index (κ2) is 7.72. The Bertz CT molecular complexity index is 693. The molecule has 0 spiro atoms. The number of amides is 2. The van der Waals surface area contributed by atoms with E-state index in [1.54, 1.807) is 12.1 Å². The summed E-state index contributed by atoms with van der Waals surface area (Å²) in [5.74, 6) is -0.536. The van der Waals surface area contributed by atoms with Crippen molar-refractivity contribution in [3.05, 3.63) is 42.0 Å². The van der Waals surface area contributed by atoms with Crippen molar-refractivity contribution < 1.29 is 14.1 Å². The Balaban J connectivity index is 1.52. The largest absolute Gasteiger partial charge is 0.345 e. The molecule has 0 saturated heterocycles. The number of nitrogens with one attached hydrogen (secondary N) is 2. The predicted molar refractivity (Wildman–Crippen MR) is 87.4 cm³/mol. The number of rotatable bonds is 5. The molecule has 0 unspecified atom stereocenters. The summed E-state index contributed by atoms with van der Waals surface area (Å²) >= 11 is 0. The van der Waals surface area contributed by atoms with Crippen molar-refractivity contribution in [3.8, 4) is 0 Å². The minimum atomic E-state index is -0.371. The Morgan fingerprint density at radius 2 is 1.88 bits per heavy atom. The van der Waals surface area contributed by atoms with Crippen LogP contribution in [0.3, 0.4) is 0 Å². The molecule has 1 aliphatic carbocycles.